The van der Waals surface area contributed by atoms with Crippen LogP contribution in [0.2, 0.25) is 0 Å². The highest BCUT2D eigenvalue weighted by atomic mass is 16.5. The van der Waals surface area contributed by atoms with Gasteiger partial charge in [-0.15, -0.1) is 0 Å². The Morgan fingerprint density at radius 2 is 1.68 bits per heavy atom. The molecule has 0 atom stereocenters. The van der Waals surface area contributed by atoms with Crippen LogP contribution in [0.25, 0.3) is 6.08 Å². The molecule has 6 nitrogen and oxygen atoms in total. The Labute approximate surface area is 201 Å². The smallest absolute Gasteiger partial charge is 0.336 e. The van der Waals surface area contributed by atoms with E-state index >= 15 is 0 Å². The molecule has 0 radical (unpaired) electrons. The third-order valence-corrected chi connectivity index (χ3v) is 4.75. The second-order valence-electron chi connectivity index (χ2n) is 8.05. The number of hydrogen-bond donors (Lipinski definition) is 1. The van der Waals surface area contributed by atoms with Gasteiger partial charge in [-0.3, -0.25) is 4.79 Å². The van der Waals surface area contributed by atoms with Crippen molar-refractivity contribution in [1.82, 2.24) is 0 Å². The Hall–Kier alpha value is -3.80. The molecule has 6 heteroatoms. The van der Waals surface area contributed by atoms with E-state index in [1.165, 1.54) is 24.1 Å². The molecule has 0 saturated carbocycles. The molecule has 0 aromatic heterocycles. The zero-order chi connectivity index (χ0) is 24.9. The Morgan fingerprint density at radius 3 is 2.32 bits per heavy atom. The molecule has 2 aromatic carbocycles. The van der Waals surface area contributed by atoms with Crippen molar-refractivity contribution in [2.75, 3.05) is 19.0 Å². The van der Waals surface area contributed by atoms with Crippen molar-refractivity contribution in [3.63, 3.8) is 0 Å². The summed E-state index contributed by atoms with van der Waals surface area (Å²) in [6.45, 7) is 8.19. The maximum Gasteiger partial charge on any atom is 0.336 e. The van der Waals surface area contributed by atoms with Gasteiger partial charge in [-0.1, -0.05) is 23.3 Å². The Kier molecular flexibility index (Phi) is 10.6. The first-order valence-electron chi connectivity index (χ1n) is 11.1. The van der Waals surface area contributed by atoms with Gasteiger partial charge in [0.2, 0.25) is 5.91 Å². The highest BCUT2D eigenvalue weighted by Gasteiger charge is 2.06. The number of nitrogens with one attached hydrogen (secondary N) is 1. The topological polar surface area (TPSA) is 73.9 Å². The van der Waals surface area contributed by atoms with Gasteiger partial charge >= 0.3 is 5.97 Å². The fraction of sp³-hybridized carbons (Fsp3) is 0.286. The second-order valence-corrected chi connectivity index (χ2v) is 8.05. The first-order valence-corrected chi connectivity index (χ1v) is 11.1. The molecule has 0 aliphatic carbocycles. The maximum atomic E-state index is 12.1. The van der Waals surface area contributed by atoms with Crippen molar-refractivity contribution in [2.24, 2.45) is 0 Å². The average molecular weight is 464 g/mol. The third kappa shape index (κ3) is 9.77. The van der Waals surface area contributed by atoms with E-state index in [0.717, 1.165) is 18.4 Å². The molecule has 34 heavy (non-hydrogen) atoms. The van der Waals surface area contributed by atoms with E-state index in [4.69, 9.17) is 14.2 Å². The number of amides is 1. The van der Waals surface area contributed by atoms with Gasteiger partial charge in [-0.2, -0.15) is 0 Å². The van der Waals surface area contributed by atoms with Gasteiger partial charge in [0.1, 0.15) is 12.4 Å². The van der Waals surface area contributed by atoms with E-state index < -0.39 is 5.97 Å². The number of carbonyl (C=O) groups is 2. The minimum absolute atomic E-state index is 0.166. The molecule has 0 bridgehead atoms. The van der Waals surface area contributed by atoms with Crippen molar-refractivity contribution >= 4 is 23.6 Å². The van der Waals surface area contributed by atoms with Gasteiger partial charge in [-0.25, -0.2) is 4.79 Å². The van der Waals surface area contributed by atoms with Crippen LogP contribution in [-0.4, -0.2) is 25.6 Å². The van der Waals surface area contributed by atoms with E-state index in [2.05, 4.69) is 38.2 Å². The largest absolute Gasteiger partial charge is 0.493 e. The van der Waals surface area contributed by atoms with Gasteiger partial charge in [-0.05, 0) is 87.7 Å². The van der Waals surface area contributed by atoms with Gasteiger partial charge in [0, 0.05) is 18.7 Å². The normalized spacial score (nSPS) is 11.1. The summed E-state index contributed by atoms with van der Waals surface area (Å²) in [6, 6.07) is 12.0. The van der Waals surface area contributed by atoms with Gasteiger partial charge < -0.3 is 19.5 Å². The number of allylic oxidation sites excluding steroid dienone is 3. The molecule has 0 heterocycles. The maximum absolute atomic E-state index is 12.1. The highest BCUT2D eigenvalue weighted by Crippen LogP contribution is 2.28. The zero-order valence-electron chi connectivity index (χ0n) is 20.5. The first-order chi connectivity index (χ1) is 16.3. The Bertz CT molecular complexity index is 1060. The van der Waals surface area contributed by atoms with Crippen molar-refractivity contribution in [2.45, 2.75) is 40.5 Å². The summed E-state index contributed by atoms with van der Waals surface area (Å²) in [6.07, 6.45) is 9.33. The lowest BCUT2D eigenvalue weighted by atomic mass is 10.1. The summed E-state index contributed by atoms with van der Waals surface area (Å²) in [4.78, 5) is 23.2. The van der Waals surface area contributed by atoms with Crippen LogP contribution < -0.4 is 19.5 Å². The molecule has 1 N–H and O–H groups in total. The number of rotatable bonds is 11. The van der Waals surface area contributed by atoms with Crippen molar-refractivity contribution in [3.8, 4) is 17.2 Å². The molecule has 2 rings (SSSR count). The molecule has 0 spiro atoms. The molecule has 2 aromatic rings. The van der Waals surface area contributed by atoms with Crippen LogP contribution in [-0.2, 0) is 9.59 Å². The van der Waals surface area contributed by atoms with Crippen LogP contribution in [0.1, 0.15) is 46.1 Å². The first kappa shape index (κ1) is 26.5. The third-order valence-electron chi connectivity index (χ3n) is 4.75. The minimum atomic E-state index is -0.514. The van der Waals surface area contributed by atoms with Crippen LogP contribution >= 0.6 is 0 Å². The van der Waals surface area contributed by atoms with E-state index in [1.807, 2.05) is 12.1 Å². The van der Waals surface area contributed by atoms with Gasteiger partial charge in [0.05, 0.1) is 7.11 Å². The van der Waals surface area contributed by atoms with Crippen LogP contribution in [0, 0.1) is 0 Å². The average Bonchev–Trinajstić information content (AvgIpc) is 2.79. The summed E-state index contributed by atoms with van der Waals surface area (Å²) in [5.41, 5.74) is 4.01. The van der Waals surface area contributed by atoms with E-state index in [0.29, 0.717) is 29.5 Å². The lowest BCUT2D eigenvalue weighted by Gasteiger charge is -2.10. The van der Waals surface area contributed by atoms with Crippen molar-refractivity contribution in [3.05, 3.63) is 77.4 Å². The van der Waals surface area contributed by atoms with Crippen LogP contribution in [0.4, 0.5) is 5.69 Å². The molecule has 0 aliphatic rings. The van der Waals surface area contributed by atoms with E-state index in [1.54, 1.807) is 43.5 Å². The van der Waals surface area contributed by atoms with E-state index in [-0.39, 0.29) is 5.91 Å². The summed E-state index contributed by atoms with van der Waals surface area (Å²) >= 11 is 0. The summed E-state index contributed by atoms with van der Waals surface area (Å²) < 4.78 is 16.6. The summed E-state index contributed by atoms with van der Waals surface area (Å²) in [5.74, 6) is 0.922. The van der Waals surface area contributed by atoms with Gasteiger partial charge in [0.15, 0.2) is 11.5 Å². The lowest BCUT2D eigenvalue weighted by Crippen LogP contribution is -2.06. The Morgan fingerprint density at radius 1 is 0.941 bits per heavy atom. The standard InChI is InChI=1S/C28H33NO5/c1-20(2)7-6-8-21(3)17-18-33-26-15-9-23(19-27(26)32-5)10-16-28(31)34-25-13-11-24(12-14-25)29-22(4)30/h7,9-17,19H,6,8,18H2,1-5H3,(H,29,30)/b16-10+,21-17+. The van der Waals surface area contributed by atoms with E-state index in [9.17, 15) is 9.59 Å². The highest BCUT2D eigenvalue weighted by molar-refractivity contribution is 5.90. The molecule has 0 unspecified atom stereocenters. The molecule has 0 fully saturated rings. The molecular weight excluding hydrogens is 430 g/mol. The number of methoxy groups -OCH3 is 1. The predicted molar refractivity (Wildman–Crippen MR) is 136 cm³/mol. The molecule has 0 saturated heterocycles. The number of ether oxygens (including phenoxy) is 3. The number of anilines is 1. The lowest BCUT2D eigenvalue weighted by molar-refractivity contribution is -0.128. The van der Waals surface area contributed by atoms with Gasteiger partial charge in [0.25, 0.3) is 0 Å². The summed E-state index contributed by atoms with van der Waals surface area (Å²) in [5, 5.41) is 2.66. The van der Waals surface area contributed by atoms with Crippen molar-refractivity contribution in [1.29, 1.82) is 0 Å². The number of benzene rings is 2. The predicted octanol–water partition coefficient (Wildman–Crippen LogP) is 6.34. The van der Waals surface area contributed by atoms with Crippen LogP contribution in [0.15, 0.2) is 71.8 Å². The van der Waals surface area contributed by atoms with Crippen LogP contribution in [0.3, 0.4) is 0 Å². The van der Waals surface area contributed by atoms with Crippen molar-refractivity contribution < 1.29 is 23.8 Å². The monoisotopic (exact) mass is 463 g/mol. The second kappa shape index (κ2) is 13.7. The molecular formula is C28H33NO5. The van der Waals surface area contributed by atoms with Crippen LogP contribution in [0.5, 0.6) is 17.2 Å². The summed E-state index contributed by atoms with van der Waals surface area (Å²) in [7, 11) is 1.58. The quantitative estimate of drug-likeness (QED) is 0.182. The molecule has 1 amide bonds. The SMILES string of the molecule is COc1cc(/C=C/C(=O)Oc2ccc(NC(C)=O)cc2)ccc1OC/C=C(\C)CCC=C(C)C. The fourth-order valence-electron chi connectivity index (χ4n) is 3.00. The number of esters is 1. The minimum Gasteiger partial charge on any atom is -0.493 e. The fourth-order valence-corrected chi connectivity index (χ4v) is 3.00. The number of carbonyl (C=O) groups excluding carboxylic acids is 2. The molecule has 0 aliphatic heterocycles. The number of hydrogen-bond acceptors (Lipinski definition) is 5. The Balaban J connectivity index is 1.92. The molecule has 180 valence electrons. The zero-order valence-corrected chi connectivity index (χ0v) is 20.5.